The lowest BCUT2D eigenvalue weighted by molar-refractivity contribution is 0.279. The second-order valence-electron chi connectivity index (χ2n) is 5.16. The molecule has 0 saturated heterocycles. The highest BCUT2D eigenvalue weighted by Crippen LogP contribution is 2.25. The fourth-order valence-electron chi connectivity index (χ4n) is 2.59. The highest BCUT2D eigenvalue weighted by molar-refractivity contribution is 5.29. The Balaban J connectivity index is 1.97. The van der Waals surface area contributed by atoms with Crippen LogP contribution in [0.3, 0.4) is 0 Å². The number of phenols is 1. The lowest BCUT2D eigenvalue weighted by Crippen LogP contribution is -2.36. The molecule has 0 bridgehead atoms. The maximum absolute atomic E-state index is 13.2. The third-order valence-electron chi connectivity index (χ3n) is 3.76. The van der Waals surface area contributed by atoms with Crippen LogP contribution in [0.1, 0.15) is 38.2 Å². The molecule has 0 aliphatic heterocycles. The summed E-state index contributed by atoms with van der Waals surface area (Å²) in [5, 5.41) is 12.4. The maximum atomic E-state index is 13.2. The quantitative estimate of drug-likeness (QED) is 0.868. The molecule has 0 heterocycles. The van der Waals surface area contributed by atoms with Crippen LogP contribution in [0, 0.1) is 17.6 Å². The number of nitrogens with one attached hydrogen (secondary N) is 1. The highest BCUT2D eigenvalue weighted by Gasteiger charge is 2.20. The van der Waals surface area contributed by atoms with Gasteiger partial charge in [0.25, 0.3) is 0 Å². The van der Waals surface area contributed by atoms with Gasteiger partial charge < -0.3 is 10.4 Å². The molecule has 2 rings (SSSR count). The van der Waals surface area contributed by atoms with Crippen molar-refractivity contribution >= 4 is 0 Å². The predicted molar refractivity (Wildman–Crippen MR) is 66.3 cm³/mol. The molecule has 2 atom stereocenters. The van der Waals surface area contributed by atoms with Crippen LogP contribution in [0.5, 0.6) is 5.75 Å². The van der Waals surface area contributed by atoms with E-state index in [0.29, 0.717) is 24.1 Å². The van der Waals surface area contributed by atoms with Gasteiger partial charge in [0.05, 0.1) is 0 Å². The Kier molecular flexibility index (Phi) is 4.17. The van der Waals surface area contributed by atoms with Crippen LogP contribution in [-0.4, -0.2) is 11.1 Å². The summed E-state index contributed by atoms with van der Waals surface area (Å²) in [5.74, 6) is -2.10. The summed E-state index contributed by atoms with van der Waals surface area (Å²) in [5.41, 5.74) is 0.528. The Morgan fingerprint density at radius 3 is 2.44 bits per heavy atom. The summed E-state index contributed by atoms with van der Waals surface area (Å²) >= 11 is 0. The first kappa shape index (κ1) is 13.3. The summed E-state index contributed by atoms with van der Waals surface area (Å²) in [4.78, 5) is 0. The second kappa shape index (κ2) is 5.65. The molecule has 1 aromatic carbocycles. The fraction of sp³-hybridized carbons (Fsp3) is 0.571. The summed E-state index contributed by atoms with van der Waals surface area (Å²) in [7, 11) is 0. The summed E-state index contributed by atoms with van der Waals surface area (Å²) in [6.07, 6.45) is 4.79. The van der Waals surface area contributed by atoms with Crippen LogP contribution in [-0.2, 0) is 6.54 Å². The number of benzene rings is 1. The average Bonchev–Trinajstić information content (AvgIpc) is 2.35. The molecule has 4 heteroatoms. The van der Waals surface area contributed by atoms with E-state index in [1.807, 2.05) is 0 Å². The Bertz CT molecular complexity index is 399. The Hall–Kier alpha value is -1.16. The van der Waals surface area contributed by atoms with Crippen molar-refractivity contribution in [2.45, 2.75) is 45.2 Å². The minimum atomic E-state index is -0.900. The van der Waals surface area contributed by atoms with Gasteiger partial charge in [-0.25, -0.2) is 8.78 Å². The molecule has 2 unspecified atom stereocenters. The first-order valence-corrected chi connectivity index (χ1v) is 6.48. The minimum absolute atomic E-state index is 0.415. The lowest BCUT2D eigenvalue weighted by Gasteiger charge is -2.29. The van der Waals surface area contributed by atoms with E-state index >= 15 is 0 Å². The molecule has 0 amide bonds. The van der Waals surface area contributed by atoms with Crippen LogP contribution in [0.15, 0.2) is 12.1 Å². The number of aromatic hydroxyl groups is 1. The molecule has 2 nitrogen and oxygen atoms in total. The Labute approximate surface area is 106 Å². The minimum Gasteiger partial charge on any atom is -0.503 e. The van der Waals surface area contributed by atoms with Crippen LogP contribution in [0.4, 0.5) is 8.78 Å². The van der Waals surface area contributed by atoms with E-state index in [-0.39, 0.29) is 0 Å². The average molecular weight is 255 g/mol. The van der Waals surface area contributed by atoms with E-state index in [2.05, 4.69) is 12.2 Å². The third kappa shape index (κ3) is 2.99. The maximum Gasteiger partial charge on any atom is 0.187 e. The first-order valence-electron chi connectivity index (χ1n) is 6.48. The van der Waals surface area contributed by atoms with E-state index in [9.17, 15) is 8.78 Å². The van der Waals surface area contributed by atoms with Gasteiger partial charge in [0.15, 0.2) is 17.4 Å². The van der Waals surface area contributed by atoms with Crippen molar-refractivity contribution in [3.63, 3.8) is 0 Å². The number of halogens is 2. The normalized spacial score (nSPS) is 24.2. The molecule has 2 N–H and O–H groups in total. The number of hydrogen-bond acceptors (Lipinski definition) is 2. The van der Waals surface area contributed by atoms with Gasteiger partial charge in [0, 0.05) is 12.6 Å². The zero-order chi connectivity index (χ0) is 13.1. The van der Waals surface area contributed by atoms with Gasteiger partial charge in [-0.3, -0.25) is 0 Å². The highest BCUT2D eigenvalue weighted by atomic mass is 19.1. The zero-order valence-electron chi connectivity index (χ0n) is 10.5. The molecule has 0 spiro atoms. The number of phenolic OH excluding ortho intramolecular Hbond substituents is 1. The molecule has 18 heavy (non-hydrogen) atoms. The van der Waals surface area contributed by atoms with Gasteiger partial charge >= 0.3 is 0 Å². The predicted octanol–water partition coefficient (Wildman–Crippen LogP) is 3.34. The molecule has 1 fully saturated rings. The number of hydrogen-bond donors (Lipinski definition) is 2. The van der Waals surface area contributed by atoms with Gasteiger partial charge in [-0.05, 0) is 36.5 Å². The fourth-order valence-corrected chi connectivity index (χ4v) is 2.59. The van der Waals surface area contributed by atoms with E-state index in [1.165, 1.54) is 31.4 Å². The van der Waals surface area contributed by atoms with Crippen molar-refractivity contribution < 1.29 is 13.9 Å². The molecule has 0 aromatic heterocycles. The smallest absolute Gasteiger partial charge is 0.187 e. The summed E-state index contributed by atoms with van der Waals surface area (Å²) in [6, 6.07) is 2.77. The summed E-state index contributed by atoms with van der Waals surface area (Å²) < 4.78 is 26.3. The van der Waals surface area contributed by atoms with E-state index < -0.39 is 17.4 Å². The van der Waals surface area contributed by atoms with Crippen molar-refractivity contribution in [1.29, 1.82) is 0 Å². The van der Waals surface area contributed by atoms with Crippen LogP contribution in [0.2, 0.25) is 0 Å². The molecule has 1 aliphatic carbocycles. The monoisotopic (exact) mass is 255 g/mol. The topological polar surface area (TPSA) is 32.3 Å². The van der Waals surface area contributed by atoms with E-state index in [1.54, 1.807) is 0 Å². The second-order valence-corrected chi connectivity index (χ2v) is 5.16. The third-order valence-corrected chi connectivity index (χ3v) is 3.76. The molecule has 1 aromatic rings. The number of rotatable bonds is 3. The first-order chi connectivity index (χ1) is 8.58. The molecular weight excluding hydrogens is 236 g/mol. The van der Waals surface area contributed by atoms with Crippen molar-refractivity contribution in [2.75, 3.05) is 0 Å². The van der Waals surface area contributed by atoms with Crippen LogP contribution < -0.4 is 5.32 Å². The van der Waals surface area contributed by atoms with Gasteiger partial charge in [-0.2, -0.15) is 0 Å². The van der Waals surface area contributed by atoms with E-state index in [0.717, 1.165) is 6.42 Å². The SMILES string of the molecule is CC1CCCCC1NCc1cc(F)c(O)c(F)c1. The summed E-state index contributed by atoms with van der Waals surface area (Å²) in [6.45, 7) is 2.64. The van der Waals surface area contributed by atoms with Gasteiger partial charge in [0.1, 0.15) is 0 Å². The van der Waals surface area contributed by atoms with Gasteiger partial charge in [-0.15, -0.1) is 0 Å². The largest absolute Gasteiger partial charge is 0.503 e. The van der Waals surface area contributed by atoms with Crippen molar-refractivity contribution in [1.82, 2.24) is 5.32 Å². The van der Waals surface area contributed by atoms with Crippen molar-refractivity contribution in [3.8, 4) is 5.75 Å². The standard InChI is InChI=1S/C14H19F2NO/c1-9-4-2-3-5-13(9)17-8-10-6-11(15)14(18)12(16)7-10/h6-7,9,13,17-18H,2-5,8H2,1H3. The lowest BCUT2D eigenvalue weighted by atomic mass is 9.86. The van der Waals surface area contributed by atoms with Crippen molar-refractivity contribution in [3.05, 3.63) is 29.3 Å². The molecule has 0 radical (unpaired) electrons. The van der Waals surface area contributed by atoms with Crippen molar-refractivity contribution in [2.24, 2.45) is 5.92 Å². The van der Waals surface area contributed by atoms with Crippen LogP contribution in [0.25, 0.3) is 0 Å². The van der Waals surface area contributed by atoms with E-state index in [4.69, 9.17) is 5.11 Å². The zero-order valence-corrected chi connectivity index (χ0v) is 10.5. The van der Waals surface area contributed by atoms with Gasteiger partial charge in [0.2, 0.25) is 0 Å². The molecule has 1 aliphatic rings. The molecule has 1 saturated carbocycles. The van der Waals surface area contributed by atoms with Crippen LogP contribution >= 0.6 is 0 Å². The molecule has 100 valence electrons. The Morgan fingerprint density at radius 2 is 1.83 bits per heavy atom. The molecular formula is C14H19F2NO. The van der Waals surface area contributed by atoms with Gasteiger partial charge in [-0.1, -0.05) is 19.8 Å². The Morgan fingerprint density at radius 1 is 1.22 bits per heavy atom.